The molecule has 2 rings (SSSR count). The zero-order chi connectivity index (χ0) is 13.9. The third-order valence-electron chi connectivity index (χ3n) is 2.13. The Hall–Kier alpha value is -0.800. The third kappa shape index (κ3) is 4.46. The molecular weight excluding hydrogens is 282 g/mol. The van der Waals surface area contributed by atoms with Crippen LogP contribution in [0.15, 0.2) is 24.3 Å². The highest BCUT2D eigenvalue weighted by Gasteiger charge is 2.19. The average molecular weight is 294 g/mol. The van der Waals surface area contributed by atoms with Gasteiger partial charge >= 0.3 is 0 Å². The number of benzene rings is 1. The van der Waals surface area contributed by atoms with Crippen LogP contribution in [0, 0.1) is 10.2 Å². The van der Waals surface area contributed by atoms with Crippen molar-refractivity contribution in [2.75, 3.05) is 0 Å². The van der Waals surface area contributed by atoms with Crippen molar-refractivity contribution in [3.63, 3.8) is 0 Å². The van der Waals surface area contributed by atoms with Gasteiger partial charge in [0, 0.05) is 6.07 Å². The Kier molecular flexibility index (Phi) is 5.00. The highest BCUT2D eigenvalue weighted by atomic mass is 35.7. The van der Waals surface area contributed by atoms with Gasteiger partial charge in [-0.2, -0.15) is 4.57 Å². The van der Waals surface area contributed by atoms with Gasteiger partial charge in [0.2, 0.25) is 5.52 Å². The molecule has 1 aromatic carbocycles. The summed E-state index contributed by atoms with van der Waals surface area (Å²) in [6.07, 6.45) is -0.387. The van der Waals surface area contributed by atoms with Gasteiger partial charge in [0.25, 0.3) is 5.01 Å². The number of aromatic nitrogens is 1. The van der Waals surface area contributed by atoms with Crippen LogP contribution in [0.1, 0.15) is 18.0 Å². The second-order valence-corrected chi connectivity index (χ2v) is 5.34. The first-order chi connectivity index (χ1) is 8.20. The van der Waals surface area contributed by atoms with Crippen molar-refractivity contribution in [2.45, 2.75) is 13.0 Å². The summed E-state index contributed by atoms with van der Waals surface area (Å²) in [4.78, 5) is 0. The molecule has 0 bridgehead atoms. The molecule has 18 heavy (non-hydrogen) atoms. The van der Waals surface area contributed by atoms with Crippen molar-refractivity contribution in [1.82, 2.24) is 0 Å². The van der Waals surface area contributed by atoms with Crippen molar-refractivity contribution in [3.05, 3.63) is 29.3 Å². The van der Waals surface area contributed by atoms with Crippen LogP contribution < -0.4 is 23.2 Å². The van der Waals surface area contributed by atoms with Crippen molar-refractivity contribution in [1.29, 1.82) is 0 Å². The molecule has 0 spiro atoms. The Morgan fingerprint density at radius 3 is 2.17 bits per heavy atom. The standard InChI is InChI=1S/C10H12NOS.ClHO4/c1-7(12)10-11(2)8-5-3-4-6-9(8)13-10;2-1(3,4)5/h3-7,12H,1-2H3;(H,2,3,4,5)/q+1;/p-1. The van der Waals surface area contributed by atoms with Crippen molar-refractivity contribution >= 4 is 21.6 Å². The first kappa shape index (κ1) is 15.3. The number of aliphatic hydroxyl groups is 1. The Labute approximate surface area is 110 Å². The molecular formula is C10H12ClNO5S. The summed E-state index contributed by atoms with van der Waals surface area (Å²) in [6, 6.07) is 8.18. The molecule has 1 unspecified atom stereocenters. The van der Waals surface area contributed by atoms with Crippen LogP contribution in [-0.2, 0) is 7.05 Å². The summed E-state index contributed by atoms with van der Waals surface area (Å²) in [6.45, 7) is 1.80. The molecule has 0 aliphatic rings. The zero-order valence-electron chi connectivity index (χ0n) is 9.70. The quantitative estimate of drug-likeness (QED) is 0.563. The Morgan fingerprint density at radius 2 is 1.72 bits per heavy atom. The second-order valence-electron chi connectivity index (χ2n) is 3.52. The number of aryl methyl sites for hydroxylation is 1. The summed E-state index contributed by atoms with van der Waals surface area (Å²) >= 11 is 1.64. The van der Waals surface area contributed by atoms with E-state index in [9.17, 15) is 5.11 Å². The number of hydrogen-bond donors (Lipinski definition) is 1. The van der Waals surface area contributed by atoms with E-state index < -0.39 is 10.2 Å². The monoisotopic (exact) mass is 293 g/mol. The number of aliphatic hydroxyl groups excluding tert-OH is 1. The largest absolute Gasteiger partial charge is 0.381 e. The van der Waals surface area contributed by atoms with Crippen molar-refractivity contribution in [3.8, 4) is 0 Å². The Morgan fingerprint density at radius 1 is 1.22 bits per heavy atom. The maximum atomic E-state index is 9.50. The van der Waals surface area contributed by atoms with Crippen LogP contribution in [0.5, 0.6) is 0 Å². The highest BCUT2D eigenvalue weighted by Crippen LogP contribution is 2.23. The lowest BCUT2D eigenvalue weighted by atomic mass is 10.3. The van der Waals surface area contributed by atoms with E-state index in [0.29, 0.717) is 0 Å². The van der Waals surface area contributed by atoms with E-state index in [-0.39, 0.29) is 6.10 Å². The minimum atomic E-state index is -4.94. The number of hydrogen-bond acceptors (Lipinski definition) is 6. The minimum Gasteiger partial charge on any atom is -0.381 e. The van der Waals surface area contributed by atoms with Crippen LogP contribution in [0.4, 0.5) is 0 Å². The molecule has 6 nitrogen and oxygen atoms in total. The number of rotatable bonds is 1. The van der Waals surface area contributed by atoms with Crippen LogP contribution in [-0.4, -0.2) is 5.11 Å². The van der Waals surface area contributed by atoms with E-state index in [0.717, 1.165) is 5.01 Å². The first-order valence-electron chi connectivity index (χ1n) is 4.87. The molecule has 0 amide bonds. The molecule has 8 heteroatoms. The summed E-state index contributed by atoms with van der Waals surface area (Å²) in [5.41, 5.74) is 1.18. The summed E-state index contributed by atoms with van der Waals surface area (Å²) in [5.74, 6) is 0. The van der Waals surface area contributed by atoms with E-state index >= 15 is 0 Å². The zero-order valence-corrected chi connectivity index (χ0v) is 11.3. The smallest absolute Gasteiger partial charge is 0.266 e. The molecule has 0 fully saturated rings. The molecule has 0 saturated heterocycles. The molecule has 1 atom stereocenters. The van der Waals surface area contributed by atoms with Gasteiger partial charge in [-0.25, -0.2) is 18.6 Å². The summed E-state index contributed by atoms with van der Waals surface area (Å²) in [7, 11) is -2.96. The van der Waals surface area contributed by atoms with Gasteiger partial charge in [0.1, 0.15) is 17.9 Å². The molecule has 0 aliphatic carbocycles. The predicted molar refractivity (Wildman–Crippen MR) is 53.6 cm³/mol. The summed E-state index contributed by atoms with van der Waals surface area (Å²) < 4.78 is 37.2. The molecule has 2 aromatic rings. The van der Waals surface area contributed by atoms with Gasteiger partial charge in [-0.05, 0) is 13.0 Å². The fraction of sp³-hybridized carbons (Fsp3) is 0.300. The Balaban J connectivity index is 0.000000280. The number of para-hydroxylation sites is 1. The van der Waals surface area contributed by atoms with Crippen molar-refractivity contribution < 1.29 is 38.6 Å². The van der Waals surface area contributed by atoms with Crippen LogP contribution in [0.2, 0.25) is 0 Å². The maximum Gasteiger partial charge on any atom is 0.266 e. The molecule has 1 heterocycles. The van der Waals surface area contributed by atoms with E-state index in [2.05, 4.69) is 12.1 Å². The second kappa shape index (κ2) is 5.89. The molecule has 0 aliphatic heterocycles. The van der Waals surface area contributed by atoms with Crippen molar-refractivity contribution in [2.24, 2.45) is 7.05 Å². The Bertz CT molecular complexity index is 516. The van der Waals surface area contributed by atoms with Gasteiger partial charge in [0.05, 0.1) is 0 Å². The van der Waals surface area contributed by atoms with E-state index in [4.69, 9.17) is 18.6 Å². The lowest BCUT2D eigenvalue weighted by Gasteiger charge is -2.17. The van der Waals surface area contributed by atoms with E-state index in [1.165, 1.54) is 10.2 Å². The SMILES string of the molecule is CC(O)c1sc2ccccc2[n+]1C.[O-][Cl+3]([O-])([O-])[O-]. The van der Waals surface area contributed by atoms with Gasteiger partial charge in [0.15, 0.2) is 0 Å². The number of thiazole rings is 1. The first-order valence-corrected chi connectivity index (χ1v) is 6.92. The van der Waals surface area contributed by atoms with Crippen LogP contribution in [0.3, 0.4) is 0 Å². The lowest BCUT2D eigenvalue weighted by molar-refractivity contribution is -2.00. The van der Waals surface area contributed by atoms with E-state index in [1.54, 1.807) is 18.3 Å². The molecule has 0 saturated carbocycles. The van der Waals surface area contributed by atoms with Gasteiger partial charge in [-0.15, -0.1) is 10.2 Å². The topological polar surface area (TPSA) is 116 Å². The maximum absolute atomic E-state index is 9.50. The third-order valence-corrected chi connectivity index (χ3v) is 3.52. The average Bonchev–Trinajstić information content (AvgIpc) is 2.55. The lowest BCUT2D eigenvalue weighted by Crippen LogP contribution is -2.68. The van der Waals surface area contributed by atoms with E-state index in [1.807, 2.05) is 23.7 Å². The van der Waals surface area contributed by atoms with Crippen LogP contribution in [0.25, 0.3) is 10.2 Å². The fourth-order valence-corrected chi connectivity index (χ4v) is 2.57. The number of fused-ring (bicyclic) bond motifs is 1. The van der Waals surface area contributed by atoms with Gasteiger partial charge in [-0.1, -0.05) is 23.5 Å². The minimum absolute atomic E-state index is 0.387. The number of halogens is 1. The number of nitrogens with zero attached hydrogens (tertiary/aromatic N) is 1. The van der Waals surface area contributed by atoms with Crippen LogP contribution >= 0.6 is 11.3 Å². The normalized spacial score (nSPS) is 13.1. The highest BCUT2D eigenvalue weighted by molar-refractivity contribution is 7.18. The predicted octanol–water partition coefficient (Wildman–Crippen LogP) is -2.98. The molecule has 1 N–H and O–H groups in total. The summed E-state index contributed by atoms with van der Waals surface area (Å²) in [5, 5.41) is 10.5. The molecule has 100 valence electrons. The fourth-order valence-electron chi connectivity index (χ4n) is 1.49. The molecule has 0 radical (unpaired) electrons. The molecule has 1 aromatic heterocycles. The van der Waals surface area contributed by atoms with Gasteiger partial charge in [-0.3, -0.25) is 0 Å². The van der Waals surface area contributed by atoms with Gasteiger partial charge < -0.3 is 5.11 Å².